The molecule has 1 saturated heterocycles. The third-order valence-electron chi connectivity index (χ3n) is 4.22. The van der Waals surface area contributed by atoms with Gasteiger partial charge in [-0.05, 0) is 37.9 Å². The lowest BCUT2D eigenvalue weighted by Crippen LogP contribution is -2.46. The Morgan fingerprint density at radius 3 is 2.74 bits per heavy atom. The average molecular weight is 261 g/mol. The molecule has 0 spiro atoms. The maximum absolute atomic E-state index is 12.6. The topological polar surface area (TPSA) is 54.0 Å². The first kappa shape index (κ1) is 14.0. The van der Waals surface area contributed by atoms with Crippen LogP contribution in [0.2, 0.25) is 0 Å². The van der Waals surface area contributed by atoms with Gasteiger partial charge in [-0.15, -0.1) is 0 Å². The number of carbonyl (C=O) groups excluding carboxylic acids is 1. The largest absolute Gasteiger partial charge is 0.347 e. The Balaban J connectivity index is 2.08. The zero-order valence-corrected chi connectivity index (χ0v) is 11.9. The van der Waals surface area contributed by atoms with Gasteiger partial charge in [-0.2, -0.15) is 0 Å². The van der Waals surface area contributed by atoms with Crippen molar-refractivity contribution >= 4 is 5.91 Å². The van der Waals surface area contributed by atoms with Crippen LogP contribution in [0.25, 0.3) is 0 Å². The average Bonchev–Trinajstić information content (AvgIpc) is 2.90. The van der Waals surface area contributed by atoms with E-state index in [2.05, 4.69) is 29.5 Å². The van der Waals surface area contributed by atoms with E-state index in [9.17, 15) is 4.79 Å². The number of rotatable bonds is 4. The Hall–Kier alpha value is -1.42. The summed E-state index contributed by atoms with van der Waals surface area (Å²) in [6, 6.07) is 5.72. The second-order valence-electron chi connectivity index (χ2n) is 5.69. The van der Waals surface area contributed by atoms with Crippen molar-refractivity contribution in [2.75, 3.05) is 13.1 Å². The molecular weight excluding hydrogens is 238 g/mol. The van der Waals surface area contributed by atoms with Gasteiger partial charge in [0.15, 0.2) is 0 Å². The summed E-state index contributed by atoms with van der Waals surface area (Å²) in [6.07, 6.45) is 2.67. The Bertz CT molecular complexity index is 424. The summed E-state index contributed by atoms with van der Waals surface area (Å²) in [7, 11) is 0. The lowest BCUT2D eigenvalue weighted by molar-refractivity contribution is -0.133. The molecule has 2 heterocycles. The Morgan fingerprint density at radius 2 is 2.21 bits per heavy atom. The van der Waals surface area contributed by atoms with Crippen LogP contribution in [-0.4, -0.2) is 24.0 Å². The van der Waals surface area contributed by atoms with Crippen molar-refractivity contribution < 1.29 is 4.79 Å². The summed E-state index contributed by atoms with van der Waals surface area (Å²) in [6.45, 7) is 7.92. The van der Waals surface area contributed by atoms with Crippen LogP contribution >= 0.6 is 0 Å². The monoisotopic (exact) mass is 261 g/mol. The van der Waals surface area contributed by atoms with Gasteiger partial charge in [-0.3, -0.25) is 9.78 Å². The SMILES string of the molecule is CC(C)C1(C(=O)N[C@H](C)c2ccccn2)CCNC1. The first-order chi connectivity index (χ1) is 9.06. The molecule has 4 heteroatoms. The Morgan fingerprint density at radius 1 is 1.42 bits per heavy atom. The molecule has 0 aliphatic carbocycles. The number of amides is 1. The van der Waals surface area contributed by atoms with Crippen LogP contribution in [0.15, 0.2) is 24.4 Å². The Kier molecular flexibility index (Phi) is 4.20. The van der Waals surface area contributed by atoms with Crippen molar-refractivity contribution in [3.8, 4) is 0 Å². The van der Waals surface area contributed by atoms with Gasteiger partial charge in [-0.1, -0.05) is 19.9 Å². The second-order valence-corrected chi connectivity index (χ2v) is 5.69. The number of hydrogen-bond donors (Lipinski definition) is 2. The van der Waals surface area contributed by atoms with Gasteiger partial charge in [0.2, 0.25) is 5.91 Å². The molecule has 0 radical (unpaired) electrons. The highest BCUT2D eigenvalue weighted by Gasteiger charge is 2.44. The first-order valence-electron chi connectivity index (χ1n) is 6.99. The number of hydrogen-bond acceptors (Lipinski definition) is 3. The van der Waals surface area contributed by atoms with Crippen molar-refractivity contribution in [3.63, 3.8) is 0 Å². The van der Waals surface area contributed by atoms with E-state index in [4.69, 9.17) is 0 Å². The molecule has 1 unspecified atom stereocenters. The number of carbonyl (C=O) groups is 1. The van der Waals surface area contributed by atoms with E-state index in [1.54, 1.807) is 6.20 Å². The van der Waals surface area contributed by atoms with E-state index in [-0.39, 0.29) is 17.4 Å². The van der Waals surface area contributed by atoms with E-state index in [0.29, 0.717) is 5.92 Å². The third kappa shape index (κ3) is 2.78. The van der Waals surface area contributed by atoms with Crippen LogP contribution in [0, 0.1) is 11.3 Å². The van der Waals surface area contributed by atoms with Crippen molar-refractivity contribution in [1.29, 1.82) is 0 Å². The molecule has 2 atom stereocenters. The Labute approximate surface area is 115 Å². The fourth-order valence-electron chi connectivity index (χ4n) is 2.71. The maximum atomic E-state index is 12.6. The van der Waals surface area contributed by atoms with Gasteiger partial charge in [0.25, 0.3) is 0 Å². The minimum absolute atomic E-state index is 0.0510. The smallest absolute Gasteiger partial charge is 0.228 e. The van der Waals surface area contributed by atoms with Crippen molar-refractivity contribution in [2.45, 2.75) is 33.2 Å². The van der Waals surface area contributed by atoms with E-state index >= 15 is 0 Å². The van der Waals surface area contributed by atoms with E-state index in [1.165, 1.54) is 0 Å². The van der Waals surface area contributed by atoms with Gasteiger partial charge in [0, 0.05) is 12.7 Å². The highest BCUT2D eigenvalue weighted by Crippen LogP contribution is 2.34. The molecule has 1 fully saturated rings. The van der Waals surface area contributed by atoms with Gasteiger partial charge < -0.3 is 10.6 Å². The predicted octanol–water partition coefficient (Wildman–Crippen LogP) is 1.89. The standard InChI is InChI=1S/C15H23N3O/c1-11(2)15(7-9-16-10-15)14(19)18-12(3)13-6-4-5-8-17-13/h4-6,8,11-12,16H,7,9-10H2,1-3H3,(H,18,19)/t12-,15?/m1/s1. The fourth-order valence-corrected chi connectivity index (χ4v) is 2.71. The number of aromatic nitrogens is 1. The second kappa shape index (κ2) is 5.70. The van der Waals surface area contributed by atoms with Crippen molar-refractivity contribution in [2.24, 2.45) is 11.3 Å². The van der Waals surface area contributed by atoms with Gasteiger partial charge in [-0.25, -0.2) is 0 Å². The molecule has 1 aromatic rings. The zero-order valence-electron chi connectivity index (χ0n) is 11.9. The quantitative estimate of drug-likeness (QED) is 0.870. The van der Waals surface area contributed by atoms with Gasteiger partial charge in [0.1, 0.15) is 0 Å². The molecule has 19 heavy (non-hydrogen) atoms. The summed E-state index contributed by atoms with van der Waals surface area (Å²) in [5.74, 6) is 0.476. The summed E-state index contributed by atoms with van der Waals surface area (Å²) in [5.41, 5.74) is 0.629. The zero-order chi connectivity index (χ0) is 13.9. The summed E-state index contributed by atoms with van der Waals surface area (Å²) < 4.78 is 0. The van der Waals surface area contributed by atoms with Crippen LogP contribution < -0.4 is 10.6 Å². The summed E-state index contributed by atoms with van der Waals surface area (Å²) in [5, 5.41) is 6.43. The molecule has 1 aromatic heterocycles. The van der Waals surface area contributed by atoms with Gasteiger partial charge in [0.05, 0.1) is 17.2 Å². The summed E-state index contributed by atoms with van der Waals surface area (Å²) in [4.78, 5) is 16.9. The molecule has 1 aliphatic rings. The fraction of sp³-hybridized carbons (Fsp3) is 0.600. The van der Waals surface area contributed by atoms with Crippen LogP contribution in [0.4, 0.5) is 0 Å². The van der Waals surface area contributed by atoms with Crippen LogP contribution in [0.5, 0.6) is 0 Å². The van der Waals surface area contributed by atoms with E-state index < -0.39 is 0 Å². The molecule has 0 bridgehead atoms. The number of nitrogens with zero attached hydrogens (tertiary/aromatic N) is 1. The van der Waals surface area contributed by atoms with Crippen LogP contribution in [-0.2, 0) is 4.79 Å². The highest BCUT2D eigenvalue weighted by molar-refractivity contribution is 5.84. The van der Waals surface area contributed by atoms with E-state index in [0.717, 1.165) is 25.2 Å². The number of pyridine rings is 1. The third-order valence-corrected chi connectivity index (χ3v) is 4.22. The van der Waals surface area contributed by atoms with Crippen LogP contribution in [0.3, 0.4) is 0 Å². The maximum Gasteiger partial charge on any atom is 0.228 e. The molecule has 2 N–H and O–H groups in total. The van der Waals surface area contributed by atoms with Crippen molar-refractivity contribution in [3.05, 3.63) is 30.1 Å². The summed E-state index contributed by atoms with van der Waals surface area (Å²) >= 11 is 0. The number of nitrogens with one attached hydrogen (secondary N) is 2. The molecular formula is C15H23N3O. The lowest BCUT2D eigenvalue weighted by Gasteiger charge is -2.32. The minimum Gasteiger partial charge on any atom is -0.347 e. The predicted molar refractivity (Wildman–Crippen MR) is 75.6 cm³/mol. The van der Waals surface area contributed by atoms with Gasteiger partial charge >= 0.3 is 0 Å². The first-order valence-corrected chi connectivity index (χ1v) is 6.99. The minimum atomic E-state index is -0.275. The molecule has 4 nitrogen and oxygen atoms in total. The molecule has 2 rings (SSSR count). The normalized spacial score (nSPS) is 24.4. The van der Waals surface area contributed by atoms with Crippen molar-refractivity contribution in [1.82, 2.24) is 15.6 Å². The van der Waals surface area contributed by atoms with Crippen LogP contribution in [0.1, 0.15) is 38.9 Å². The lowest BCUT2D eigenvalue weighted by atomic mass is 9.75. The molecule has 1 aliphatic heterocycles. The molecule has 0 saturated carbocycles. The molecule has 104 valence electrons. The van der Waals surface area contributed by atoms with E-state index in [1.807, 2.05) is 25.1 Å². The molecule has 1 amide bonds. The highest BCUT2D eigenvalue weighted by atomic mass is 16.2. The molecule has 0 aromatic carbocycles.